The van der Waals surface area contributed by atoms with E-state index in [2.05, 4.69) is 23.3 Å². The molecule has 1 atom stereocenters. The number of nitrogens with zero attached hydrogens (tertiary/aromatic N) is 1. The van der Waals surface area contributed by atoms with Crippen LogP contribution in [-0.4, -0.2) is 4.98 Å². The lowest BCUT2D eigenvalue weighted by Gasteiger charge is -2.09. The van der Waals surface area contributed by atoms with Gasteiger partial charge in [0.2, 0.25) is 0 Å². The number of fused-ring (bicyclic) bond motifs is 1. The maximum absolute atomic E-state index is 5.52. The fourth-order valence-electron chi connectivity index (χ4n) is 1.97. The van der Waals surface area contributed by atoms with Gasteiger partial charge in [0, 0.05) is 29.1 Å². The maximum Gasteiger partial charge on any atom is 0.134 e. The van der Waals surface area contributed by atoms with Gasteiger partial charge in [-0.1, -0.05) is 18.2 Å². The Morgan fingerprint density at radius 1 is 1.39 bits per heavy atom. The number of para-hydroxylation sites is 1. The minimum atomic E-state index is 0.263. The summed E-state index contributed by atoms with van der Waals surface area (Å²) >= 11 is 1.67. The van der Waals surface area contributed by atoms with Gasteiger partial charge in [0.05, 0.1) is 12.3 Å². The molecule has 3 aromatic rings. The predicted molar refractivity (Wildman–Crippen MR) is 73.6 cm³/mol. The van der Waals surface area contributed by atoms with E-state index < -0.39 is 0 Å². The Balaban J connectivity index is 1.73. The van der Waals surface area contributed by atoms with E-state index in [0.717, 1.165) is 17.1 Å². The summed E-state index contributed by atoms with van der Waals surface area (Å²) in [4.78, 5) is 4.31. The molecule has 0 saturated heterocycles. The lowest BCUT2D eigenvalue weighted by Crippen LogP contribution is -2.17. The van der Waals surface area contributed by atoms with Crippen LogP contribution in [0.15, 0.2) is 46.5 Å². The van der Waals surface area contributed by atoms with Crippen LogP contribution in [0.1, 0.15) is 23.5 Å². The largest absolute Gasteiger partial charge is 0.464 e. The molecule has 3 nitrogen and oxygen atoms in total. The molecule has 0 spiro atoms. The number of thiazole rings is 1. The molecule has 4 heteroatoms. The number of furan rings is 1. The van der Waals surface area contributed by atoms with Gasteiger partial charge in [0.1, 0.15) is 10.6 Å². The monoisotopic (exact) mass is 258 g/mol. The SMILES string of the molecule is CC(NCc1coc2ccccc12)c1nccs1. The maximum atomic E-state index is 5.52. The fraction of sp³-hybridized carbons (Fsp3) is 0.214. The first-order valence-corrected chi connectivity index (χ1v) is 6.80. The van der Waals surface area contributed by atoms with Crippen molar-refractivity contribution in [3.8, 4) is 0 Å². The van der Waals surface area contributed by atoms with Crippen molar-refractivity contribution in [3.05, 3.63) is 52.7 Å². The van der Waals surface area contributed by atoms with Crippen molar-refractivity contribution in [2.45, 2.75) is 19.5 Å². The Kier molecular flexibility index (Phi) is 3.13. The molecule has 18 heavy (non-hydrogen) atoms. The van der Waals surface area contributed by atoms with Crippen LogP contribution >= 0.6 is 11.3 Å². The number of hydrogen-bond donors (Lipinski definition) is 1. The summed E-state index contributed by atoms with van der Waals surface area (Å²) in [5.74, 6) is 0. The van der Waals surface area contributed by atoms with Crippen molar-refractivity contribution < 1.29 is 4.42 Å². The zero-order valence-electron chi connectivity index (χ0n) is 10.1. The molecule has 0 radical (unpaired) electrons. The number of nitrogens with one attached hydrogen (secondary N) is 1. The third kappa shape index (κ3) is 2.17. The summed E-state index contributed by atoms with van der Waals surface area (Å²) in [6.45, 7) is 2.92. The van der Waals surface area contributed by atoms with Crippen LogP contribution in [0.4, 0.5) is 0 Å². The van der Waals surface area contributed by atoms with E-state index in [0.29, 0.717) is 0 Å². The molecule has 0 aliphatic rings. The quantitative estimate of drug-likeness (QED) is 0.774. The minimum Gasteiger partial charge on any atom is -0.464 e. The highest BCUT2D eigenvalue weighted by atomic mass is 32.1. The van der Waals surface area contributed by atoms with Gasteiger partial charge in [0.15, 0.2) is 0 Å². The number of benzene rings is 1. The summed E-state index contributed by atoms with van der Waals surface area (Å²) in [5, 5.41) is 7.76. The molecule has 0 aliphatic carbocycles. The van der Waals surface area contributed by atoms with Gasteiger partial charge in [-0.05, 0) is 13.0 Å². The Hall–Kier alpha value is -1.65. The first-order valence-electron chi connectivity index (χ1n) is 5.92. The van der Waals surface area contributed by atoms with Crippen molar-refractivity contribution in [1.29, 1.82) is 0 Å². The molecule has 0 amide bonds. The molecule has 0 aliphatic heterocycles. The normalized spacial score (nSPS) is 12.9. The van der Waals surface area contributed by atoms with E-state index in [1.54, 1.807) is 11.3 Å². The summed E-state index contributed by atoms with van der Waals surface area (Å²) in [7, 11) is 0. The molecule has 0 fully saturated rings. The van der Waals surface area contributed by atoms with Gasteiger partial charge in [-0.3, -0.25) is 0 Å². The summed E-state index contributed by atoms with van der Waals surface area (Å²) in [6, 6.07) is 8.36. The van der Waals surface area contributed by atoms with Crippen LogP contribution in [0, 0.1) is 0 Å². The number of hydrogen-bond acceptors (Lipinski definition) is 4. The van der Waals surface area contributed by atoms with Gasteiger partial charge in [0.25, 0.3) is 0 Å². The van der Waals surface area contributed by atoms with E-state index in [9.17, 15) is 0 Å². The zero-order valence-corrected chi connectivity index (χ0v) is 10.9. The standard InChI is InChI=1S/C14H14N2OS/c1-10(14-15-6-7-18-14)16-8-11-9-17-13-5-3-2-4-12(11)13/h2-7,9-10,16H,8H2,1H3. The number of rotatable bonds is 4. The van der Waals surface area contributed by atoms with Gasteiger partial charge in [-0.25, -0.2) is 4.98 Å². The second-order valence-electron chi connectivity index (χ2n) is 4.23. The first kappa shape index (κ1) is 11.4. The smallest absolute Gasteiger partial charge is 0.134 e. The van der Waals surface area contributed by atoms with Gasteiger partial charge in [-0.15, -0.1) is 11.3 Å². The van der Waals surface area contributed by atoms with E-state index in [1.807, 2.05) is 36.0 Å². The van der Waals surface area contributed by atoms with Crippen LogP contribution in [0.3, 0.4) is 0 Å². The molecule has 0 bridgehead atoms. The molecule has 2 heterocycles. The fourth-order valence-corrected chi connectivity index (χ4v) is 2.64. The summed E-state index contributed by atoms with van der Waals surface area (Å²) in [6.07, 6.45) is 3.66. The van der Waals surface area contributed by atoms with Gasteiger partial charge in [-0.2, -0.15) is 0 Å². The summed E-state index contributed by atoms with van der Waals surface area (Å²) in [5.41, 5.74) is 2.13. The van der Waals surface area contributed by atoms with E-state index in [4.69, 9.17) is 4.42 Å². The molecule has 1 unspecified atom stereocenters. The molecule has 1 aromatic carbocycles. The molecule has 0 saturated carbocycles. The average Bonchev–Trinajstić information content (AvgIpc) is 3.06. The minimum absolute atomic E-state index is 0.263. The third-order valence-electron chi connectivity index (χ3n) is 2.98. The highest BCUT2D eigenvalue weighted by Crippen LogP contribution is 2.22. The molecule has 92 valence electrons. The van der Waals surface area contributed by atoms with Crippen LogP contribution in [0.25, 0.3) is 11.0 Å². The average molecular weight is 258 g/mol. The van der Waals surface area contributed by atoms with Crippen molar-refractivity contribution >= 4 is 22.3 Å². The molecular formula is C14H14N2OS. The Labute approximate surface area is 109 Å². The van der Waals surface area contributed by atoms with Crippen molar-refractivity contribution in [2.75, 3.05) is 0 Å². The second kappa shape index (κ2) is 4.92. The Bertz CT molecular complexity index is 630. The molecule has 2 aromatic heterocycles. The lowest BCUT2D eigenvalue weighted by atomic mass is 10.1. The second-order valence-corrected chi connectivity index (χ2v) is 5.16. The zero-order chi connectivity index (χ0) is 12.4. The molecule has 1 N–H and O–H groups in total. The van der Waals surface area contributed by atoms with E-state index in [1.165, 1.54) is 10.9 Å². The molecule has 3 rings (SSSR count). The van der Waals surface area contributed by atoms with Crippen LogP contribution in [0.2, 0.25) is 0 Å². The third-order valence-corrected chi connectivity index (χ3v) is 3.94. The van der Waals surface area contributed by atoms with Crippen molar-refractivity contribution in [2.24, 2.45) is 0 Å². The highest BCUT2D eigenvalue weighted by molar-refractivity contribution is 7.09. The van der Waals surface area contributed by atoms with E-state index in [-0.39, 0.29) is 6.04 Å². The number of aromatic nitrogens is 1. The topological polar surface area (TPSA) is 38.1 Å². The molecular weight excluding hydrogens is 244 g/mol. The van der Waals surface area contributed by atoms with Crippen molar-refractivity contribution in [3.63, 3.8) is 0 Å². The van der Waals surface area contributed by atoms with Gasteiger partial charge < -0.3 is 9.73 Å². The lowest BCUT2D eigenvalue weighted by molar-refractivity contribution is 0.560. The predicted octanol–water partition coefficient (Wildman–Crippen LogP) is 3.74. The summed E-state index contributed by atoms with van der Waals surface area (Å²) < 4.78 is 5.52. The Morgan fingerprint density at radius 3 is 3.11 bits per heavy atom. The Morgan fingerprint density at radius 2 is 2.28 bits per heavy atom. The van der Waals surface area contributed by atoms with Crippen molar-refractivity contribution in [1.82, 2.24) is 10.3 Å². The van der Waals surface area contributed by atoms with Crippen LogP contribution in [-0.2, 0) is 6.54 Å². The van der Waals surface area contributed by atoms with E-state index >= 15 is 0 Å². The highest BCUT2D eigenvalue weighted by Gasteiger charge is 2.09. The van der Waals surface area contributed by atoms with Gasteiger partial charge >= 0.3 is 0 Å². The van der Waals surface area contributed by atoms with Crippen LogP contribution in [0.5, 0.6) is 0 Å². The first-order chi connectivity index (χ1) is 8.84. The van der Waals surface area contributed by atoms with Crippen LogP contribution < -0.4 is 5.32 Å².